The maximum atomic E-state index is 15.3. The molecule has 3 aromatic rings. The average molecular weight is 549 g/mol. The molecule has 0 bridgehead atoms. The van der Waals surface area contributed by atoms with Crippen molar-refractivity contribution in [2.24, 2.45) is 5.92 Å². The van der Waals surface area contributed by atoms with Crippen molar-refractivity contribution in [1.82, 2.24) is 9.55 Å². The number of alkyl halides is 2. The highest BCUT2D eigenvalue weighted by atomic mass is 28.3. The summed E-state index contributed by atoms with van der Waals surface area (Å²) in [5, 5.41) is 0. The fraction of sp³-hybridized carbons (Fsp3) is 0.481. The Morgan fingerprint density at radius 3 is 2.45 bits per heavy atom. The molecule has 2 fully saturated rings. The number of carbonyl (C=O) groups excluding carboxylic acids is 1. The van der Waals surface area contributed by atoms with Gasteiger partial charge in [0, 0.05) is 44.6 Å². The van der Waals surface area contributed by atoms with E-state index in [-0.39, 0.29) is 30.1 Å². The highest BCUT2D eigenvalue weighted by Gasteiger charge is 2.48. The van der Waals surface area contributed by atoms with Gasteiger partial charge in [-0.3, -0.25) is 4.79 Å². The molecule has 0 N–H and O–H groups in total. The van der Waals surface area contributed by atoms with E-state index in [1.165, 1.54) is 9.80 Å². The third-order valence-electron chi connectivity index (χ3n) is 7.38. The lowest BCUT2D eigenvalue weighted by molar-refractivity contribution is -0.129. The van der Waals surface area contributed by atoms with E-state index in [1.807, 2.05) is 10.6 Å². The summed E-state index contributed by atoms with van der Waals surface area (Å²) in [6, 6.07) is 7.63. The summed E-state index contributed by atoms with van der Waals surface area (Å²) in [5.74, 6) is -5.50. The summed E-state index contributed by atoms with van der Waals surface area (Å²) in [5.41, 5.74) is 1.77. The van der Waals surface area contributed by atoms with E-state index in [0.717, 1.165) is 23.7 Å². The summed E-state index contributed by atoms with van der Waals surface area (Å²) < 4.78 is 65.5. The van der Waals surface area contributed by atoms with Crippen molar-refractivity contribution in [3.63, 3.8) is 0 Å². The van der Waals surface area contributed by atoms with Gasteiger partial charge in [0.25, 0.3) is 5.92 Å². The van der Waals surface area contributed by atoms with Crippen LogP contribution in [0, 0.1) is 17.6 Å². The van der Waals surface area contributed by atoms with Gasteiger partial charge < -0.3 is 19.1 Å². The number of hydrogen-bond donors (Lipinski definition) is 0. The first-order valence-corrected chi connectivity index (χ1v) is 16.5. The van der Waals surface area contributed by atoms with Gasteiger partial charge >= 0.3 is 0 Å². The smallest absolute Gasteiger partial charge is 0.266 e. The third-order valence-corrected chi connectivity index (χ3v) is 9.09. The van der Waals surface area contributed by atoms with Crippen LogP contribution >= 0.6 is 0 Å². The van der Waals surface area contributed by atoms with E-state index >= 15 is 8.78 Å². The molecule has 2 atom stereocenters. The fourth-order valence-corrected chi connectivity index (χ4v) is 5.90. The molecule has 2 aliphatic heterocycles. The van der Waals surface area contributed by atoms with Gasteiger partial charge in [0.2, 0.25) is 5.91 Å². The molecule has 38 heavy (non-hydrogen) atoms. The lowest BCUT2D eigenvalue weighted by Crippen LogP contribution is -2.54. The molecule has 6 nitrogen and oxygen atoms in total. The Bertz CT molecular complexity index is 1350. The molecule has 3 heterocycles. The number of β-lactam (4-membered cyclic amide) rings is 1. The second kappa shape index (κ2) is 9.67. The van der Waals surface area contributed by atoms with E-state index in [2.05, 4.69) is 24.6 Å². The number of imidazole rings is 1. The molecule has 5 rings (SSSR count). The Morgan fingerprint density at radius 1 is 1.11 bits per heavy atom. The second-order valence-corrected chi connectivity index (χ2v) is 17.1. The van der Waals surface area contributed by atoms with Gasteiger partial charge in [-0.1, -0.05) is 26.6 Å². The zero-order chi connectivity index (χ0) is 27.4. The van der Waals surface area contributed by atoms with Gasteiger partial charge in [0.15, 0.2) is 0 Å². The second-order valence-electron chi connectivity index (χ2n) is 11.5. The number of carbonyl (C=O) groups is 1. The van der Waals surface area contributed by atoms with Gasteiger partial charge in [-0.2, -0.15) is 0 Å². The number of benzene rings is 2. The van der Waals surface area contributed by atoms with Crippen molar-refractivity contribution in [3.05, 3.63) is 53.9 Å². The molecule has 11 heteroatoms. The van der Waals surface area contributed by atoms with Gasteiger partial charge in [-0.25, -0.2) is 22.5 Å². The summed E-state index contributed by atoms with van der Waals surface area (Å²) in [4.78, 5) is 19.9. The maximum Gasteiger partial charge on any atom is 0.266 e. The van der Waals surface area contributed by atoms with Gasteiger partial charge in [0.1, 0.15) is 18.4 Å². The highest BCUT2D eigenvalue weighted by Crippen LogP contribution is 2.46. The van der Waals surface area contributed by atoms with Crippen molar-refractivity contribution in [2.45, 2.75) is 57.7 Å². The molecular weight excluding hydrogens is 516 g/mol. The number of rotatable bonds is 8. The van der Waals surface area contributed by atoms with Crippen molar-refractivity contribution in [1.29, 1.82) is 0 Å². The molecule has 0 saturated carbocycles. The lowest BCUT2D eigenvalue weighted by Gasteiger charge is -2.46. The zero-order valence-electron chi connectivity index (χ0n) is 22.0. The largest absolute Gasteiger partial charge is 0.365 e. The van der Waals surface area contributed by atoms with Crippen LogP contribution in [0.25, 0.3) is 11.0 Å². The number of hydrogen-bond acceptors (Lipinski definition) is 4. The summed E-state index contributed by atoms with van der Waals surface area (Å²) in [7, 11) is -1.20. The standard InChI is InChI=1S/C27H32F4N4O2Si/c1-17-25(24-20(28)11-19(12-21(24)29)33-8-7-27(30,31)14-33)35(26(17)36)18-5-6-23-22(13-18)32-15-34(23)16-37-9-10-38(2,3)4/h5-6,11-13,15,17,25H,7-10,14,16H2,1-4H3/t17-,25-/m1/s1. The summed E-state index contributed by atoms with van der Waals surface area (Å²) >= 11 is 0. The molecule has 0 unspecified atom stereocenters. The first-order valence-electron chi connectivity index (χ1n) is 12.8. The minimum atomic E-state index is -2.89. The molecule has 2 aromatic carbocycles. The van der Waals surface area contributed by atoms with Crippen molar-refractivity contribution < 1.29 is 27.1 Å². The van der Waals surface area contributed by atoms with Gasteiger partial charge in [-0.05, 0) is 36.4 Å². The van der Waals surface area contributed by atoms with E-state index < -0.39 is 44.1 Å². The lowest BCUT2D eigenvalue weighted by atomic mass is 9.82. The van der Waals surface area contributed by atoms with Crippen molar-refractivity contribution >= 4 is 36.4 Å². The van der Waals surface area contributed by atoms with Crippen molar-refractivity contribution in [2.75, 3.05) is 29.5 Å². The Hall–Kier alpha value is -2.92. The quantitative estimate of drug-likeness (QED) is 0.146. The molecule has 2 saturated heterocycles. The van der Waals surface area contributed by atoms with Crippen LogP contribution in [0.3, 0.4) is 0 Å². The topological polar surface area (TPSA) is 50.6 Å². The molecule has 2 aliphatic rings. The van der Waals surface area contributed by atoms with Crippen LogP contribution in [0.15, 0.2) is 36.7 Å². The predicted molar refractivity (Wildman–Crippen MR) is 141 cm³/mol. The minimum Gasteiger partial charge on any atom is -0.365 e. The number of aromatic nitrogens is 2. The van der Waals surface area contributed by atoms with Crippen LogP contribution in [0.4, 0.5) is 28.9 Å². The van der Waals surface area contributed by atoms with Crippen LogP contribution in [0.5, 0.6) is 0 Å². The SMILES string of the molecule is C[C@H]1C(=O)N(c2ccc3c(c2)ncn3COCC[Si](C)(C)C)[C@H]1c1c(F)cc(N2CCC(F)(F)C2)cc1F. The van der Waals surface area contributed by atoms with Gasteiger partial charge in [-0.15, -0.1) is 0 Å². The number of ether oxygens (including phenoxy) is 1. The number of amides is 1. The molecule has 0 aliphatic carbocycles. The number of anilines is 2. The molecule has 1 aromatic heterocycles. The molecule has 204 valence electrons. The Labute approximate surface area is 220 Å². The number of fused-ring (bicyclic) bond motifs is 1. The van der Waals surface area contributed by atoms with Crippen molar-refractivity contribution in [3.8, 4) is 0 Å². The highest BCUT2D eigenvalue weighted by molar-refractivity contribution is 6.76. The normalized spacial score (nSPS) is 21.4. The average Bonchev–Trinajstić information content (AvgIpc) is 3.41. The molecule has 1 amide bonds. The summed E-state index contributed by atoms with van der Waals surface area (Å²) in [6.07, 6.45) is 1.31. The van der Waals surface area contributed by atoms with Crippen LogP contribution in [0.2, 0.25) is 25.7 Å². The molecule has 0 radical (unpaired) electrons. The number of nitrogens with zero attached hydrogens (tertiary/aromatic N) is 4. The maximum absolute atomic E-state index is 15.3. The van der Waals surface area contributed by atoms with Crippen LogP contribution in [-0.4, -0.2) is 49.2 Å². The van der Waals surface area contributed by atoms with E-state index in [1.54, 1.807) is 25.4 Å². The Balaban J connectivity index is 1.37. The van der Waals surface area contributed by atoms with E-state index in [4.69, 9.17) is 4.74 Å². The minimum absolute atomic E-state index is 0.0195. The van der Waals surface area contributed by atoms with Crippen LogP contribution in [0.1, 0.15) is 24.9 Å². The van der Waals surface area contributed by atoms with Crippen LogP contribution < -0.4 is 9.80 Å². The molecular formula is C27H32F4N4O2Si. The van der Waals surface area contributed by atoms with E-state index in [9.17, 15) is 13.6 Å². The fourth-order valence-electron chi connectivity index (χ4n) is 5.14. The van der Waals surface area contributed by atoms with Crippen LogP contribution in [-0.2, 0) is 16.3 Å². The monoisotopic (exact) mass is 548 g/mol. The number of halogens is 4. The Kier molecular flexibility index (Phi) is 6.79. The first kappa shape index (κ1) is 26.7. The first-order chi connectivity index (χ1) is 17.8. The Morgan fingerprint density at radius 2 is 1.82 bits per heavy atom. The van der Waals surface area contributed by atoms with E-state index in [0.29, 0.717) is 24.5 Å². The molecule has 0 spiro atoms. The zero-order valence-corrected chi connectivity index (χ0v) is 23.0. The predicted octanol–water partition coefficient (Wildman–Crippen LogP) is 6.20. The summed E-state index contributed by atoms with van der Waals surface area (Å²) in [6.45, 7) is 8.96. The third kappa shape index (κ3) is 5.05. The van der Waals surface area contributed by atoms with Gasteiger partial charge in [0.05, 0.1) is 35.9 Å².